The molecule has 0 fully saturated rings. The second kappa shape index (κ2) is 3.87. The second-order valence-electron chi connectivity index (χ2n) is 2.96. The fourth-order valence-corrected chi connectivity index (χ4v) is 1.26. The summed E-state index contributed by atoms with van der Waals surface area (Å²) in [5, 5.41) is 10.1. The van der Waals surface area contributed by atoms with Gasteiger partial charge in [-0.05, 0) is 25.5 Å². The number of hydrogen-bond donors (Lipinski definition) is 1. The Kier molecular flexibility index (Phi) is 2.81. The van der Waals surface area contributed by atoms with Gasteiger partial charge in [-0.25, -0.2) is 4.98 Å². The van der Waals surface area contributed by atoms with E-state index in [1.54, 1.807) is 13.0 Å². The van der Waals surface area contributed by atoms with Gasteiger partial charge in [0.05, 0.1) is 4.92 Å². The number of aromatic nitrogens is 1. The number of pyridine rings is 1. The van der Waals surface area contributed by atoms with Crippen molar-refractivity contribution in [2.45, 2.75) is 13.8 Å². The molecule has 0 saturated heterocycles. The molecule has 1 aromatic heterocycles. The number of nitro groups is 1. The van der Waals surface area contributed by atoms with Crippen LogP contribution in [0.15, 0.2) is 12.3 Å². The predicted octanol–water partition coefficient (Wildman–Crippen LogP) is 1.53. The summed E-state index contributed by atoms with van der Waals surface area (Å²) >= 11 is 0. The zero-order chi connectivity index (χ0) is 10.7. The molecule has 5 nitrogen and oxygen atoms in total. The van der Waals surface area contributed by atoms with Gasteiger partial charge in [-0.3, -0.25) is 10.1 Å². The first kappa shape index (κ1) is 10.2. The highest BCUT2D eigenvalue weighted by atomic mass is 16.6. The molecule has 0 unspecified atom stereocenters. The van der Waals surface area contributed by atoms with Crippen LogP contribution in [-0.4, -0.2) is 9.91 Å². The van der Waals surface area contributed by atoms with Gasteiger partial charge in [-0.1, -0.05) is 0 Å². The Bertz CT molecular complexity index is 376. The van der Waals surface area contributed by atoms with Crippen LogP contribution in [0.1, 0.15) is 16.8 Å². The third-order valence-electron chi connectivity index (χ3n) is 1.84. The van der Waals surface area contributed by atoms with Crippen LogP contribution in [0.25, 0.3) is 6.08 Å². The minimum atomic E-state index is -0.505. The van der Waals surface area contributed by atoms with E-state index in [2.05, 4.69) is 4.98 Å². The largest absolute Gasteiger partial charge is 0.384 e. The first-order chi connectivity index (χ1) is 6.50. The van der Waals surface area contributed by atoms with Crippen molar-refractivity contribution in [3.8, 4) is 0 Å². The van der Waals surface area contributed by atoms with Crippen molar-refractivity contribution in [2.75, 3.05) is 5.73 Å². The molecule has 0 saturated carbocycles. The molecule has 0 aliphatic rings. The molecule has 74 valence electrons. The Labute approximate surface area is 81.4 Å². The topological polar surface area (TPSA) is 82.0 Å². The summed E-state index contributed by atoms with van der Waals surface area (Å²) in [5.41, 5.74) is 7.84. The number of hydrogen-bond acceptors (Lipinski definition) is 4. The number of nitrogens with zero attached hydrogens (tertiary/aromatic N) is 2. The van der Waals surface area contributed by atoms with E-state index in [1.807, 2.05) is 6.92 Å². The highest BCUT2D eigenvalue weighted by Gasteiger charge is 2.03. The standard InChI is InChI=1S/C9H11N3O2/c1-6-5-9(10)11-7(2)8(6)3-4-12(13)14/h3-5H,1-2H3,(H2,10,11). The van der Waals surface area contributed by atoms with Gasteiger partial charge in [-0.2, -0.15) is 0 Å². The highest BCUT2D eigenvalue weighted by Crippen LogP contribution is 2.15. The van der Waals surface area contributed by atoms with Gasteiger partial charge in [-0.15, -0.1) is 0 Å². The van der Waals surface area contributed by atoms with E-state index in [1.165, 1.54) is 6.08 Å². The van der Waals surface area contributed by atoms with Crippen LogP contribution in [0, 0.1) is 24.0 Å². The maximum Gasteiger partial charge on any atom is 0.235 e. The Balaban J connectivity index is 3.15. The molecule has 0 spiro atoms. The number of nitrogen functional groups attached to an aromatic ring is 1. The number of anilines is 1. The number of aryl methyl sites for hydroxylation is 2. The molecular weight excluding hydrogens is 182 g/mol. The lowest BCUT2D eigenvalue weighted by molar-refractivity contribution is -0.400. The van der Waals surface area contributed by atoms with Gasteiger partial charge in [0.1, 0.15) is 5.82 Å². The second-order valence-corrected chi connectivity index (χ2v) is 2.96. The molecule has 1 rings (SSSR count). The van der Waals surface area contributed by atoms with E-state index < -0.39 is 4.92 Å². The van der Waals surface area contributed by atoms with Gasteiger partial charge in [0, 0.05) is 17.3 Å². The predicted molar refractivity (Wildman–Crippen MR) is 54.2 cm³/mol. The smallest absolute Gasteiger partial charge is 0.235 e. The average molecular weight is 193 g/mol. The SMILES string of the molecule is Cc1cc(N)nc(C)c1C=C[N+](=O)[O-]. The van der Waals surface area contributed by atoms with E-state index >= 15 is 0 Å². The Hall–Kier alpha value is -1.91. The van der Waals surface area contributed by atoms with E-state index in [9.17, 15) is 10.1 Å². The lowest BCUT2D eigenvalue weighted by Gasteiger charge is -2.04. The molecule has 0 radical (unpaired) electrons. The molecule has 14 heavy (non-hydrogen) atoms. The van der Waals surface area contributed by atoms with E-state index in [-0.39, 0.29) is 0 Å². The molecule has 0 aliphatic carbocycles. The minimum Gasteiger partial charge on any atom is -0.384 e. The van der Waals surface area contributed by atoms with Crippen LogP contribution in [-0.2, 0) is 0 Å². The Morgan fingerprint density at radius 2 is 2.21 bits per heavy atom. The van der Waals surface area contributed by atoms with Gasteiger partial charge < -0.3 is 5.73 Å². The third-order valence-corrected chi connectivity index (χ3v) is 1.84. The average Bonchev–Trinajstić information content (AvgIpc) is 2.01. The molecule has 0 aromatic carbocycles. The van der Waals surface area contributed by atoms with E-state index in [4.69, 9.17) is 5.73 Å². The van der Waals surface area contributed by atoms with Gasteiger partial charge in [0.25, 0.3) is 0 Å². The quantitative estimate of drug-likeness (QED) is 0.570. The van der Waals surface area contributed by atoms with E-state index in [0.29, 0.717) is 11.5 Å². The zero-order valence-corrected chi connectivity index (χ0v) is 8.02. The van der Waals surface area contributed by atoms with E-state index in [0.717, 1.165) is 17.3 Å². The summed E-state index contributed by atoms with van der Waals surface area (Å²) in [7, 11) is 0. The van der Waals surface area contributed by atoms with Crippen LogP contribution in [0.4, 0.5) is 5.82 Å². The van der Waals surface area contributed by atoms with Crippen LogP contribution in [0.2, 0.25) is 0 Å². The maximum absolute atomic E-state index is 10.1. The molecule has 0 amide bonds. The molecular formula is C9H11N3O2. The van der Waals surface area contributed by atoms with Crippen molar-refractivity contribution in [3.63, 3.8) is 0 Å². The van der Waals surface area contributed by atoms with Gasteiger partial charge >= 0.3 is 0 Å². The summed E-state index contributed by atoms with van der Waals surface area (Å²) in [5.74, 6) is 0.429. The molecule has 0 bridgehead atoms. The number of rotatable bonds is 2. The van der Waals surface area contributed by atoms with Crippen molar-refractivity contribution in [1.29, 1.82) is 0 Å². The normalized spacial score (nSPS) is 10.7. The molecule has 2 N–H and O–H groups in total. The van der Waals surface area contributed by atoms with Crippen LogP contribution >= 0.6 is 0 Å². The van der Waals surface area contributed by atoms with Crippen LogP contribution < -0.4 is 5.73 Å². The summed E-state index contributed by atoms with van der Waals surface area (Å²) < 4.78 is 0. The molecule has 5 heteroatoms. The summed E-state index contributed by atoms with van der Waals surface area (Å²) in [6.45, 7) is 3.60. The first-order valence-electron chi connectivity index (χ1n) is 4.06. The fraction of sp³-hybridized carbons (Fsp3) is 0.222. The van der Waals surface area contributed by atoms with Crippen LogP contribution in [0.3, 0.4) is 0 Å². The van der Waals surface area contributed by atoms with Gasteiger partial charge in [0.15, 0.2) is 0 Å². The van der Waals surface area contributed by atoms with Crippen molar-refractivity contribution in [3.05, 3.63) is 39.2 Å². The van der Waals surface area contributed by atoms with Crippen LogP contribution in [0.5, 0.6) is 0 Å². The van der Waals surface area contributed by atoms with Crippen molar-refractivity contribution in [2.24, 2.45) is 0 Å². The maximum atomic E-state index is 10.1. The molecule has 0 aliphatic heterocycles. The monoisotopic (exact) mass is 193 g/mol. The summed E-state index contributed by atoms with van der Waals surface area (Å²) in [6, 6.07) is 1.69. The van der Waals surface area contributed by atoms with Crippen molar-refractivity contribution in [1.82, 2.24) is 4.98 Å². The van der Waals surface area contributed by atoms with Gasteiger partial charge in [0.2, 0.25) is 6.20 Å². The molecule has 1 aromatic rings. The molecule has 1 heterocycles. The highest BCUT2D eigenvalue weighted by molar-refractivity contribution is 5.57. The summed E-state index contributed by atoms with van der Waals surface area (Å²) in [6.07, 6.45) is 2.32. The minimum absolute atomic E-state index is 0.429. The van der Waals surface area contributed by atoms with Crippen molar-refractivity contribution >= 4 is 11.9 Å². The summed E-state index contributed by atoms with van der Waals surface area (Å²) in [4.78, 5) is 13.6. The fourth-order valence-electron chi connectivity index (χ4n) is 1.26. The lowest BCUT2D eigenvalue weighted by Crippen LogP contribution is -1.97. The Morgan fingerprint density at radius 3 is 2.71 bits per heavy atom. The lowest BCUT2D eigenvalue weighted by atomic mass is 10.1. The Morgan fingerprint density at radius 1 is 1.57 bits per heavy atom. The first-order valence-corrected chi connectivity index (χ1v) is 4.06. The number of nitrogens with two attached hydrogens (primary N) is 1. The van der Waals surface area contributed by atoms with Crippen molar-refractivity contribution < 1.29 is 4.92 Å². The molecule has 0 atom stereocenters. The zero-order valence-electron chi connectivity index (χ0n) is 8.02. The third kappa shape index (κ3) is 2.29.